The maximum Gasteiger partial charge on any atom is 0.338 e. The molecule has 0 saturated carbocycles. The minimum absolute atomic E-state index is 0.321. The molecule has 0 bridgehead atoms. The van der Waals surface area contributed by atoms with Crippen molar-refractivity contribution in [3.05, 3.63) is 119 Å². The van der Waals surface area contributed by atoms with E-state index in [2.05, 4.69) is 36.8 Å². The van der Waals surface area contributed by atoms with Gasteiger partial charge in [0.1, 0.15) is 11.5 Å². The van der Waals surface area contributed by atoms with E-state index in [9.17, 15) is 9.59 Å². The second-order valence-electron chi connectivity index (χ2n) is 7.44. The molecule has 3 aromatic carbocycles. The zero-order valence-electron chi connectivity index (χ0n) is 19.0. The van der Waals surface area contributed by atoms with Crippen LogP contribution in [0.5, 0.6) is 11.5 Å². The molecule has 0 aromatic heterocycles. The Bertz CT molecular complexity index is 1370. The van der Waals surface area contributed by atoms with Crippen molar-refractivity contribution in [2.75, 3.05) is 0 Å². The van der Waals surface area contributed by atoms with Crippen molar-refractivity contribution < 1.29 is 19.1 Å². The Morgan fingerprint density at radius 2 is 1.06 bits per heavy atom. The van der Waals surface area contributed by atoms with Gasteiger partial charge in [-0.1, -0.05) is 49.0 Å². The van der Waals surface area contributed by atoms with Crippen LogP contribution in [0.3, 0.4) is 0 Å². The molecule has 166 valence electrons. The summed E-state index contributed by atoms with van der Waals surface area (Å²) in [5.41, 5.74) is 3.70. The lowest BCUT2D eigenvalue weighted by atomic mass is 10.1. The molecule has 0 fully saturated rings. The Labute approximate surface area is 199 Å². The molecule has 4 heteroatoms. The van der Waals surface area contributed by atoms with Crippen molar-refractivity contribution in [3.63, 3.8) is 0 Å². The van der Waals surface area contributed by atoms with Gasteiger partial charge in [0.15, 0.2) is 0 Å². The van der Waals surface area contributed by atoms with Gasteiger partial charge in [-0.15, -0.1) is 0 Å². The Balaban J connectivity index is 1.68. The van der Waals surface area contributed by atoms with Gasteiger partial charge in [-0.2, -0.15) is 0 Å². The van der Waals surface area contributed by atoms with E-state index in [1.807, 2.05) is 30.3 Å². The summed E-state index contributed by atoms with van der Waals surface area (Å²) in [5, 5.41) is 0. The lowest BCUT2D eigenvalue weighted by Gasteiger charge is -2.05. The zero-order valence-corrected chi connectivity index (χ0v) is 19.0. The van der Waals surface area contributed by atoms with Crippen LogP contribution in [0.25, 0.3) is 0 Å². The molecule has 0 heterocycles. The van der Waals surface area contributed by atoms with E-state index >= 15 is 0 Å². The Hall–Kier alpha value is -4.80. The number of rotatable bonds is 4. The highest BCUT2D eigenvalue weighted by Gasteiger charge is 2.08. The third-order valence-corrected chi connectivity index (χ3v) is 4.43. The van der Waals surface area contributed by atoms with Crippen molar-refractivity contribution in [1.29, 1.82) is 0 Å². The molecule has 0 spiro atoms. The van der Waals surface area contributed by atoms with Crippen LogP contribution < -0.4 is 9.47 Å². The largest absolute Gasteiger partial charge is 0.423 e. The van der Waals surface area contributed by atoms with E-state index in [4.69, 9.17) is 9.47 Å². The lowest BCUT2D eigenvalue weighted by molar-refractivity contribution is -0.130. The number of carbonyl (C=O) groups is 2. The summed E-state index contributed by atoms with van der Waals surface area (Å²) in [5.74, 6) is 12.2. The number of ether oxygens (including phenoxy) is 2. The first kappa shape index (κ1) is 23.9. The highest BCUT2D eigenvalue weighted by Crippen LogP contribution is 2.18. The van der Waals surface area contributed by atoms with Gasteiger partial charge in [0, 0.05) is 27.8 Å². The number of para-hydroxylation sites is 1. The number of hydrogen-bond acceptors (Lipinski definition) is 4. The molecule has 0 N–H and O–H groups in total. The zero-order chi connectivity index (χ0) is 24.5. The summed E-state index contributed by atoms with van der Waals surface area (Å²) in [6.45, 7) is 10.3. The molecule has 0 amide bonds. The van der Waals surface area contributed by atoms with Gasteiger partial charge < -0.3 is 9.47 Å². The predicted octanol–water partition coefficient (Wildman–Crippen LogP) is 5.45. The standard InChI is InChI=1S/C30H22O4/c1-21(2)29(31)33-27-19-16-25(17-20-27)14-11-23-9-12-24(13-10-23)15-18-26-7-5-6-8-28(26)34-30(32)22(3)4/h5-10,12-13,16-17,19-20H,1,3H2,2,4H3. The molecule has 0 aliphatic rings. The summed E-state index contributed by atoms with van der Waals surface area (Å²) in [7, 11) is 0. The minimum atomic E-state index is -0.486. The first-order valence-electron chi connectivity index (χ1n) is 10.4. The van der Waals surface area contributed by atoms with E-state index in [1.165, 1.54) is 0 Å². The van der Waals surface area contributed by atoms with Gasteiger partial charge in [-0.25, -0.2) is 9.59 Å². The molecule has 0 atom stereocenters. The van der Waals surface area contributed by atoms with Gasteiger partial charge in [-0.05, 0) is 74.5 Å². The van der Waals surface area contributed by atoms with Crippen LogP contribution in [-0.4, -0.2) is 11.9 Å². The van der Waals surface area contributed by atoms with Gasteiger partial charge in [0.2, 0.25) is 0 Å². The second-order valence-corrected chi connectivity index (χ2v) is 7.44. The SMILES string of the molecule is C=C(C)C(=O)Oc1ccc(C#Cc2ccc(C#Cc3ccccc3OC(=O)C(=C)C)cc2)cc1. The van der Waals surface area contributed by atoms with Gasteiger partial charge in [-0.3, -0.25) is 0 Å². The predicted molar refractivity (Wildman–Crippen MR) is 132 cm³/mol. The van der Waals surface area contributed by atoms with Crippen LogP contribution in [0.2, 0.25) is 0 Å². The molecule has 0 radical (unpaired) electrons. The molecule has 34 heavy (non-hydrogen) atoms. The Morgan fingerprint density at radius 1 is 0.618 bits per heavy atom. The molecule has 0 unspecified atom stereocenters. The first-order valence-corrected chi connectivity index (χ1v) is 10.4. The fourth-order valence-electron chi connectivity index (χ4n) is 2.57. The van der Waals surface area contributed by atoms with Crippen LogP contribution in [0.4, 0.5) is 0 Å². The first-order chi connectivity index (χ1) is 16.3. The van der Waals surface area contributed by atoms with Crippen LogP contribution in [0.1, 0.15) is 36.1 Å². The van der Waals surface area contributed by atoms with E-state index in [0.29, 0.717) is 28.2 Å². The van der Waals surface area contributed by atoms with E-state index in [-0.39, 0.29) is 0 Å². The summed E-state index contributed by atoms with van der Waals surface area (Å²) in [6, 6.07) is 21.6. The lowest BCUT2D eigenvalue weighted by Crippen LogP contribution is -2.09. The molecule has 4 nitrogen and oxygen atoms in total. The van der Waals surface area contributed by atoms with E-state index < -0.39 is 11.9 Å². The van der Waals surface area contributed by atoms with Crippen molar-refractivity contribution in [1.82, 2.24) is 0 Å². The third kappa shape index (κ3) is 6.85. The van der Waals surface area contributed by atoms with Crippen molar-refractivity contribution in [3.8, 4) is 35.2 Å². The molecule has 3 aromatic rings. The van der Waals surface area contributed by atoms with Gasteiger partial charge >= 0.3 is 11.9 Å². The normalized spacial score (nSPS) is 9.47. The van der Waals surface area contributed by atoms with Crippen molar-refractivity contribution >= 4 is 11.9 Å². The average molecular weight is 447 g/mol. The van der Waals surface area contributed by atoms with Crippen molar-refractivity contribution in [2.24, 2.45) is 0 Å². The van der Waals surface area contributed by atoms with E-state index in [1.54, 1.807) is 56.3 Å². The highest BCUT2D eigenvalue weighted by molar-refractivity contribution is 5.89. The topological polar surface area (TPSA) is 52.6 Å². The molecule has 0 aliphatic heterocycles. The number of esters is 2. The third-order valence-electron chi connectivity index (χ3n) is 4.43. The number of carbonyl (C=O) groups excluding carboxylic acids is 2. The molecule has 0 saturated heterocycles. The summed E-state index contributed by atoms with van der Waals surface area (Å²) >= 11 is 0. The maximum absolute atomic E-state index is 11.8. The number of hydrogen-bond donors (Lipinski definition) is 0. The molecule has 0 aliphatic carbocycles. The van der Waals surface area contributed by atoms with Crippen molar-refractivity contribution in [2.45, 2.75) is 13.8 Å². The van der Waals surface area contributed by atoms with Crippen LogP contribution >= 0.6 is 0 Å². The van der Waals surface area contributed by atoms with Crippen LogP contribution in [-0.2, 0) is 9.59 Å². The summed E-state index contributed by atoms with van der Waals surface area (Å²) in [4.78, 5) is 23.4. The van der Waals surface area contributed by atoms with E-state index in [0.717, 1.165) is 16.7 Å². The van der Waals surface area contributed by atoms with Crippen LogP contribution in [0.15, 0.2) is 97.1 Å². The molecular weight excluding hydrogens is 424 g/mol. The maximum atomic E-state index is 11.8. The number of benzene rings is 3. The van der Waals surface area contributed by atoms with Gasteiger partial charge in [0.05, 0.1) is 5.56 Å². The Kier molecular flexibility index (Phi) is 7.84. The molecule has 3 rings (SSSR count). The summed E-state index contributed by atoms with van der Waals surface area (Å²) < 4.78 is 10.5. The highest BCUT2D eigenvalue weighted by atomic mass is 16.5. The smallest absolute Gasteiger partial charge is 0.338 e. The fraction of sp³-hybridized carbons (Fsp3) is 0.0667. The summed E-state index contributed by atoms with van der Waals surface area (Å²) in [6.07, 6.45) is 0. The van der Waals surface area contributed by atoms with Gasteiger partial charge in [0.25, 0.3) is 0 Å². The average Bonchev–Trinajstić information content (AvgIpc) is 2.83. The minimum Gasteiger partial charge on any atom is -0.423 e. The quantitative estimate of drug-likeness (QED) is 0.232. The Morgan fingerprint density at radius 3 is 1.59 bits per heavy atom. The fourth-order valence-corrected chi connectivity index (χ4v) is 2.57. The van der Waals surface area contributed by atoms with Crippen LogP contribution in [0, 0.1) is 23.7 Å². The monoisotopic (exact) mass is 446 g/mol. The second kappa shape index (κ2) is 11.2. The molecular formula is C30H22O4.